The van der Waals surface area contributed by atoms with Crippen molar-refractivity contribution in [3.05, 3.63) is 95.1 Å². The second kappa shape index (κ2) is 13.4. The first kappa shape index (κ1) is 29.9. The van der Waals surface area contributed by atoms with Crippen LogP contribution in [0.25, 0.3) is 0 Å². The largest absolute Gasteiger partial charge is 0.354 e. The first-order valence-electron chi connectivity index (χ1n) is 13.3. The summed E-state index contributed by atoms with van der Waals surface area (Å²) in [5.41, 5.74) is 4.06. The van der Waals surface area contributed by atoms with Crippen molar-refractivity contribution in [2.75, 3.05) is 17.4 Å². The molecule has 3 aromatic rings. The van der Waals surface area contributed by atoms with Crippen LogP contribution in [0.1, 0.15) is 48.9 Å². The van der Waals surface area contributed by atoms with Crippen molar-refractivity contribution in [3.63, 3.8) is 0 Å². The third-order valence-electron chi connectivity index (χ3n) is 6.54. The zero-order valence-electron chi connectivity index (χ0n) is 23.5. The fourth-order valence-electron chi connectivity index (χ4n) is 4.47. The van der Waals surface area contributed by atoms with Crippen molar-refractivity contribution in [3.8, 4) is 0 Å². The number of nitrogens with zero attached hydrogens (tertiary/aromatic N) is 2. The first-order valence-corrected chi connectivity index (χ1v) is 14.8. The Balaban J connectivity index is 2.02. The fourth-order valence-corrected chi connectivity index (χ4v) is 5.89. The van der Waals surface area contributed by atoms with Gasteiger partial charge in [0.15, 0.2) is 0 Å². The number of anilines is 1. The summed E-state index contributed by atoms with van der Waals surface area (Å²) in [4.78, 5) is 28.6. The Morgan fingerprint density at radius 1 is 0.872 bits per heavy atom. The number of sulfonamides is 1. The van der Waals surface area contributed by atoms with Gasteiger partial charge in [-0.2, -0.15) is 0 Å². The van der Waals surface area contributed by atoms with E-state index in [2.05, 4.69) is 5.32 Å². The fraction of sp³-hybridized carbons (Fsp3) is 0.355. The lowest BCUT2D eigenvalue weighted by atomic mass is 10.1. The van der Waals surface area contributed by atoms with Crippen molar-refractivity contribution >= 4 is 27.5 Å². The van der Waals surface area contributed by atoms with Gasteiger partial charge in [0.25, 0.3) is 10.0 Å². The molecule has 2 amide bonds. The molecular formula is C31H39N3O4S. The van der Waals surface area contributed by atoms with Crippen LogP contribution in [0.2, 0.25) is 0 Å². The minimum absolute atomic E-state index is 0.0903. The van der Waals surface area contributed by atoms with Gasteiger partial charge >= 0.3 is 0 Å². The third-order valence-corrected chi connectivity index (χ3v) is 8.32. The molecule has 0 spiro atoms. The van der Waals surface area contributed by atoms with Crippen LogP contribution >= 0.6 is 0 Å². The molecule has 3 rings (SSSR count). The lowest BCUT2D eigenvalue weighted by molar-refractivity contribution is -0.139. The highest BCUT2D eigenvalue weighted by molar-refractivity contribution is 7.92. The van der Waals surface area contributed by atoms with Crippen molar-refractivity contribution < 1.29 is 18.0 Å². The van der Waals surface area contributed by atoms with E-state index in [1.165, 1.54) is 17.0 Å². The third kappa shape index (κ3) is 7.93. The molecule has 0 bridgehead atoms. The van der Waals surface area contributed by atoms with Gasteiger partial charge in [-0.1, -0.05) is 67.4 Å². The van der Waals surface area contributed by atoms with E-state index in [1.54, 1.807) is 37.3 Å². The predicted molar refractivity (Wildman–Crippen MR) is 156 cm³/mol. The maximum Gasteiger partial charge on any atom is 0.264 e. The van der Waals surface area contributed by atoms with Gasteiger partial charge in [0, 0.05) is 13.1 Å². The number of benzene rings is 3. The summed E-state index contributed by atoms with van der Waals surface area (Å²) in [5, 5.41) is 2.91. The Bertz CT molecular complexity index is 1370. The van der Waals surface area contributed by atoms with E-state index >= 15 is 0 Å². The van der Waals surface area contributed by atoms with Crippen LogP contribution < -0.4 is 9.62 Å². The van der Waals surface area contributed by atoms with E-state index in [0.29, 0.717) is 12.2 Å². The zero-order valence-corrected chi connectivity index (χ0v) is 24.3. The molecule has 0 fully saturated rings. The number of hydrogen-bond acceptors (Lipinski definition) is 4. The summed E-state index contributed by atoms with van der Waals surface area (Å²) in [5.74, 6) is -0.735. The highest BCUT2D eigenvalue weighted by atomic mass is 32.2. The van der Waals surface area contributed by atoms with Gasteiger partial charge in [-0.05, 0) is 75.1 Å². The van der Waals surface area contributed by atoms with E-state index in [9.17, 15) is 18.0 Å². The molecule has 208 valence electrons. The van der Waals surface area contributed by atoms with Crippen LogP contribution in [0, 0.1) is 20.8 Å². The minimum atomic E-state index is -4.07. The SMILES string of the molecule is CCCCNC(=O)[C@H](C)N(Cc1cccc(C)c1)C(=O)CN(c1cc(C)cc(C)c1)S(=O)(=O)c1ccccc1. The van der Waals surface area contributed by atoms with Crippen LogP contribution in [-0.4, -0.2) is 44.3 Å². The molecule has 0 heterocycles. The Labute approximate surface area is 232 Å². The summed E-state index contributed by atoms with van der Waals surface area (Å²) >= 11 is 0. The molecule has 7 nitrogen and oxygen atoms in total. The molecular weight excluding hydrogens is 510 g/mol. The van der Waals surface area contributed by atoms with Crippen LogP contribution in [0.15, 0.2) is 77.7 Å². The molecule has 0 aliphatic rings. The smallest absolute Gasteiger partial charge is 0.264 e. The molecule has 39 heavy (non-hydrogen) atoms. The van der Waals surface area contributed by atoms with Gasteiger partial charge in [0.1, 0.15) is 12.6 Å². The number of amides is 2. The van der Waals surface area contributed by atoms with Crippen molar-refractivity contribution in [2.45, 2.75) is 64.9 Å². The van der Waals surface area contributed by atoms with Crippen molar-refractivity contribution in [1.82, 2.24) is 10.2 Å². The summed E-state index contributed by atoms with van der Waals surface area (Å²) in [6.07, 6.45) is 1.77. The standard InChI is InChI=1S/C31H39N3O4S/c1-6-7-16-32-31(36)26(5)33(21-27-13-11-12-23(2)18-27)30(35)22-34(28-19-24(3)17-25(4)20-28)39(37,38)29-14-9-8-10-15-29/h8-15,17-20,26H,6-7,16,21-22H2,1-5H3,(H,32,36)/t26-/m0/s1. The molecule has 8 heteroatoms. The number of carbonyl (C=O) groups is 2. The summed E-state index contributed by atoms with van der Waals surface area (Å²) in [6, 6.07) is 20.5. The van der Waals surface area contributed by atoms with Gasteiger partial charge in [-0.25, -0.2) is 8.42 Å². The number of hydrogen-bond donors (Lipinski definition) is 1. The van der Waals surface area contributed by atoms with E-state index in [4.69, 9.17) is 0 Å². The lowest BCUT2D eigenvalue weighted by Gasteiger charge is -2.32. The Kier molecular flexibility index (Phi) is 10.3. The van der Waals surface area contributed by atoms with Gasteiger partial charge in [-0.3, -0.25) is 13.9 Å². The highest BCUT2D eigenvalue weighted by Crippen LogP contribution is 2.26. The summed E-state index contributed by atoms with van der Waals surface area (Å²) in [6.45, 7) is 9.71. The monoisotopic (exact) mass is 549 g/mol. The van der Waals surface area contributed by atoms with Gasteiger partial charge in [0.05, 0.1) is 10.6 Å². The number of unbranched alkanes of at least 4 members (excludes halogenated alkanes) is 1. The van der Waals surface area contributed by atoms with Crippen LogP contribution in [0.4, 0.5) is 5.69 Å². The predicted octanol–water partition coefficient (Wildman–Crippen LogP) is 5.14. The van der Waals surface area contributed by atoms with Crippen LogP contribution in [-0.2, 0) is 26.2 Å². The van der Waals surface area contributed by atoms with Gasteiger partial charge in [-0.15, -0.1) is 0 Å². The molecule has 0 unspecified atom stereocenters. The molecule has 0 saturated heterocycles. The lowest BCUT2D eigenvalue weighted by Crippen LogP contribution is -2.51. The second-order valence-corrected chi connectivity index (χ2v) is 11.9. The maximum absolute atomic E-state index is 14.0. The number of carbonyl (C=O) groups excluding carboxylic acids is 2. The average Bonchev–Trinajstić information content (AvgIpc) is 2.89. The zero-order chi connectivity index (χ0) is 28.6. The summed E-state index contributed by atoms with van der Waals surface area (Å²) in [7, 11) is -4.07. The normalized spacial score (nSPS) is 12.0. The molecule has 0 aliphatic heterocycles. The molecule has 1 N–H and O–H groups in total. The van der Waals surface area contributed by atoms with E-state index in [-0.39, 0.29) is 17.3 Å². The Morgan fingerprint density at radius 3 is 2.15 bits per heavy atom. The molecule has 0 aromatic heterocycles. The topological polar surface area (TPSA) is 86.8 Å². The molecule has 3 aromatic carbocycles. The number of nitrogens with one attached hydrogen (secondary N) is 1. The summed E-state index contributed by atoms with van der Waals surface area (Å²) < 4.78 is 28.9. The van der Waals surface area contributed by atoms with E-state index < -0.39 is 28.5 Å². The molecule has 0 saturated carbocycles. The van der Waals surface area contributed by atoms with Crippen molar-refractivity contribution in [2.24, 2.45) is 0 Å². The Hall–Kier alpha value is -3.65. The molecule has 1 atom stereocenters. The maximum atomic E-state index is 14.0. The minimum Gasteiger partial charge on any atom is -0.354 e. The Morgan fingerprint density at radius 2 is 1.54 bits per heavy atom. The van der Waals surface area contributed by atoms with Gasteiger partial charge in [0.2, 0.25) is 11.8 Å². The quantitative estimate of drug-likeness (QED) is 0.317. The number of aryl methyl sites for hydroxylation is 3. The molecule has 0 aliphatic carbocycles. The van der Waals surface area contributed by atoms with E-state index in [1.807, 2.05) is 58.0 Å². The van der Waals surface area contributed by atoms with E-state index in [0.717, 1.165) is 39.4 Å². The van der Waals surface area contributed by atoms with Crippen LogP contribution in [0.5, 0.6) is 0 Å². The van der Waals surface area contributed by atoms with Gasteiger partial charge < -0.3 is 10.2 Å². The second-order valence-electron chi connectivity index (χ2n) is 10.0. The first-order chi connectivity index (χ1) is 18.5. The van der Waals surface area contributed by atoms with Crippen molar-refractivity contribution in [1.29, 1.82) is 0 Å². The molecule has 0 radical (unpaired) electrons. The average molecular weight is 550 g/mol. The highest BCUT2D eigenvalue weighted by Gasteiger charge is 2.32. The van der Waals surface area contributed by atoms with Crippen LogP contribution in [0.3, 0.4) is 0 Å². The number of rotatable bonds is 12.